The van der Waals surface area contributed by atoms with Crippen molar-refractivity contribution in [1.82, 2.24) is 15.0 Å². The highest BCUT2D eigenvalue weighted by Crippen LogP contribution is 2.34. The topological polar surface area (TPSA) is 122 Å². The number of halogens is 3. The maximum atomic E-state index is 12.9. The third kappa shape index (κ3) is 4.17. The normalized spacial score (nSPS) is 19.0. The van der Waals surface area contributed by atoms with Crippen LogP contribution in [0.15, 0.2) is 18.5 Å². The number of ether oxygens (including phenoxy) is 1. The lowest BCUT2D eigenvalue weighted by Crippen LogP contribution is -2.43. The molecule has 2 heterocycles. The molecule has 2 aromatic rings. The summed E-state index contributed by atoms with van der Waals surface area (Å²) < 4.78 is 44.5. The van der Waals surface area contributed by atoms with Gasteiger partial charge in [-0.3, -0.25) is 0 Å². The Labute approximate surface area is 152 Å². The van der Waals surface area contributed by atoms with Crippen LogP contribution in [0.3, 0.4) is 0 Å². The number of anilines is 3. The molecule has 0 aliphatic heterocycles. The number of nitrogens with zero attached hydrogens (tertiary/aromatic N) is 4. The third-order valence-corrected chi connectivity index (χ3v) is 3.97. The first-order chi connectivity index (χ1) is 12.8. The predicted octanol–water partition coefficient (Wildman–Crippen LogP) is 2.42. The SMILES string of the molecule is CNc1nc(Nc2cnc(C#N)c(OC3CC(N)C3)c2)ncc1C(F)(F)F. The van der Waals surface area contributed by atoms with Crippen molar-refractivity contribution in [3.8, 4) is 11.8 Å². The molecule has 3 rings (SSSR count). The molecule has 8 nitrogen and oxygen atoms in total. The predicted molar refractivity (Wildman–Crippen MR) is 90.4 cm³/mol. The fourth-order valence-electron chi connectivity index (χ4n) is 2.54. The van der Waals surface area contributed by atoms with Crippen LogP contribution in [-0.2, 0) is 6.18 Å². The molecule has 1 aliphatic carbocycles. The highest BCUT2D eigenvalue weighted by Gasteiger charge is 2.35. The van der Waals surface area contributed by atoms with Gasteiger partial charge in [0.25, 0.3) is 0 Å². The van der Waals surface area contributed by atoms with Crippen molar-refractivity contribution in [2.45, 2.75) is 31.2 Å². The highest BCUT2D eigenvalue weighted by atomic mass is 19.4. The fraction of sp³-hybridized carbons (Fsp3) is 0.375. The summed E-state index contributed by atoms with van der Waals surface area (Å²) in [5.41, 5.74) is 5.22. The van der Waals surface area contributed by atoms with Crippen LogP contribution < -0.4 is 21.1 Å². The van der Waals surface area contributed by atoms with Gasteiger partial charge in [-0.05, 0) is 12.8 Å². The van der Waals surface area contributed by atoms with Gasteiger partial charge in [0.2, 0.25) is 5.95 Å². The zero-order valence-corrected chi connectivity index (χ0v) is 14.2. The van der Waals surface area contributed by atoms with Crippen molar-refractivity contribution >= 4 is 17.5 Å². The van der Waals surface area contributed by atoms with Gasteiger partial charge in [0.15, 0.2) is 11.4 Å². The molecule has 0 saturated heterocycles. The molecule has 0 aromatic carbocycles. The van der Waals surface area contributed by atoms with E-state index in [9.17, 15) is 13.2 Å². The number of nitrogens with one attached hydrogen (secondary N) is 2. The Balaban J connectivity index is 1.82. The Hall–Kier alpha value is -3.13. The Morgan fingerprint density at radius 2 is 2.04 bits per heavy atom. The quantitative estimate of drug-likeness (QED) is 0.724. The second-order valence-electron chi connectivity index (χ2n) is 5.98. The van der Waals surface area contributed by atoms with Crippen LogP contribution in [0.5, 0.6) is 5.75 Å². The molecular formula is C16H16F3N7O. The lowest BCUT2D eigenvalue weighted by Gasteiger charge is -2.32. The van der Waals surface area contributed by atoms with Gasteiger partial charge in [-0.15, -0.1) is 0 Å². The van der Waals surface area contributed by atoms with Gasteiger partial charge < -0.3 is 21.1 Å². The maximum Gasteiger partial charge on any atom is 0.421 e. The summed E-state index contributed by atoms with van der Waals surface area (Å²) in [5, 5.41) is 14.3. The molecule has 0 amide bonds. The Morgan fingerprint density at radius 3 is 2.63 bits per heavy atom. The molecule has 0 atom stereocenters. The third-order valence-electron chi connectivity index (χ3n) is 3.97. The molecule has 0 radical (unpaired) electrons. The van der Waals surface area contributed by atoms with E-state index in [4.69, 9.17) is 15.7 Å². The zero-order chi connectivity index (χ0) is 19.6. The molecule has 27 heavy (non-hydrogen) atoms. The monoisotopic (exact) mass is 379 g/mol. The van der Waals surface area contributed by atoms with E-state index in [0.717, 1.165) is 0 Å². The lowest BCUT2D eigenvalue weighted by atomic mass is 9.90. The zero-order valence-electron chi connectivity index (χ0n) is 14.2. The van der Waals surface area contributed by atoms with Crippen molar-refractivity contribution in [3.05, 3.63) is 29.7 Å². The summed E-state index contributed by atoms with van der Waals surface area (Å²) in [6.45, 7) is 0. The maximum absolute atomic E-state index is 12.9. The first-order valence-electron chi connectivity index (χ1n) is 8.01. The largest absolute Gasteiger partial charge is 0.487 e. The van der Waals surface area contributed by atoms with Crippen molar-refractivity contribution in [2.75, 3.05) is 17.7 Å². The number of rotatable bonds is 5. The summed E-state index contributed by atoms with van der Waals surface area (Å²) in [7, 11) is 1.33. The van der Waals surface area contributed by atoms with Gasteiger partial charge in [0.1, 0.15) is 23.6 Å². The smallest absolute Gasteiger partial charge is 0.421 e. The van der Waals surface area contributed by atoms with E-state index in [1.54, 1.807) is 0 Å². The summed E-state index contributed by atoms with van der Waals surface area (Å²) >= 11 is 0. The van der Waals surface area contributed by atoms with E-state index in [1.807, 2.05) is 6.07 Å². The van der Waals surface area contributed by atoms with Gasteiger partial charge >= 0.3 is 6.18 Å². The van der Waals surface area contributed by atoms with Crippen LogP contribution in [0.4, 0.5) is 30.6 Å². The van der Waals surface area contributed by atoms with Crippen molar-refractivity contribution in [3.63, 3.8) is 0 Å². The minimum absolute atomic E-state index is 0.0597. The standard InChI is InChI=1S/C16H16F3N7O/c1-22-14-11(16(17,18)19)7-24-15(26-14)25-9-4-13(12(5-20)23-6-9)27-10-2-8(21)3-10/h4,6-8,10H,2-3,21H2,1H3,(H2,22,24,25,26). The minimum Gasteiger partial charge on any atom is -0.487 e. The Morgan fingerprint density at radius 1 is 1.30 bits per heavy atom. The summed E-state index contributed by atoms with van der Waals surface area (Å²) in [6.07, 6.45) is -1.28. The minimum atomic E-state index is -4.57. The van der Waals surface area contributed by atoms with Gasteiger partial charge in [0.05, 0.1) is 11.9 Å². The molecule has 1 aliphatic rings. The van der Waals surface area contributed by atoms with E-state index in [-0.39, 0.29) is 35.4 Å². The van der Waals surface area contributed by atoms with E-state index >= 15 is 0 Å². The van der Waals surface area contributed by atoms with Crippen LogP contribution >= 0.6 is 0 Å². The average molecular weight is 379 g/mol. The molecule has 1 fully saturated rings. The van der Waals surface area contributed by atoms with E-state index < -0.39 is 11.7 Å². The first-order valence-corrected chi connectivity index (χ1v) is 8.01. The van der Waals surface area contributed by atoms with Crippen LogP contribution in [0.25, 0.3) is 0 Å². The molecule has 1 saturated carbocycles. The van der Waals surface area contributed by atoms with E-state index in [0.29, 0.717) is 24.7 Å². The number of hydrogen-bond donors (Lipinski definition) is 3. The molecule has 4 N–H and O–H groups in total. The number of hydrogen-bond acceptors (Lipinski definition) is 8. The Bertz CT molecular complexity index is 875. The number of aromatic nitrogens is 3. The first kappa shape index (κ1) is 18.7. The van der Waals surface area contributed by atoms with Crippen LogP contribution in [0.1, 0.15) is 24.1 Å². The lowest BCUT2D eigenvalue weighted by molar-refractivity contribution is -0.137. The van der Waals surface area contributed by atoms with Gasteiger partial charge in [-0.1, -0.05) is 0 Å². The molecule has 2 aromatic heterocycles. The summed E-state index contributed by atoms with van der Waals surface area (Å²) in [5.74, 6) is -0.155. The highest BCUT2D eigenvalue weighted by molar-refractivity contribution is 5.59. The van der Waals surface area contributed by atoms with Crippen LogP contribution in [0.2, 0.25) is 0 Å². The van der Waals surface area contributed by atoms with Crippen molar-refractivity contribution in [2.24, 2.45) is 5.73 Å². The molecular weight excluding hydrogens is 363 g/mol. The second-order valence-corrected chi connectivity index (χ2v) is 5.98. The number of nitriles is 1. The van der Waals surface area contributed by atoms with E-state index in [1.165, 1.54) is 19.3 Å². The average Bonchev–Trinajstić information content (AvgIpc) is 2.59. The second kappa shape index (κ2) is 7.24. The fourth-order valence-corrected chi connectivity index (χ4v) is 2.54. The summed E-state index contributed by atoms with van der Waals surface area (Å²) in [4.78, 5) is 11.5. The van der Waals surface area contributed by atoms with Crippen molar-refractivity contribution < 1.29 is 17.9 Å². The van der Waals surface area contributed by atoms with Crippen LogP contribution in [0, 0.1) is 11.3 Å². The van der Waals surface area contributed by atoms with Gasteiger partial charge in [0, 0.05) is 25.4 Å². The van der Waals surface area contributed by atoms with Gasteiger partial charge in [-0.2, -0.15) is 23.4 Å². The van der Waals surface area contributed by atoms with Gasteiger partial charge in [-0.25, -0.2) is 9.97 Å². The molecule has 0 unspecified atom stereocenters. The number of alkyl halides is 3. The summed E-state index contributed by atoms with van der Waals surface area (Å²) in [6, 6.07) is 3.53. The van der Waals surface area contributed by atoms with Crippen molar-refractivity contribution in [1.29, 1.82) is 5.26 Å². The number of pyridine rings is 1. The number of nitrogens with two attached hydrogens (primary N) is 1. The molecule has 142 valence electrons. The van der Waals surface area contributed by atoms with Crippen LogP contribution in [-0.4, -0.2) is 34.1 Å². The van der Waals surface area contributed by atoms with E-state index in [2.05, 4.69) is 25.6 Å². The molecule has 11 heteroatoms. The molecule has 0 bridgehead atoms. The molecule has 0 spiro atoms. The Kier molecular flexibility index (Phi) is 5.00.